The van der Waals surface area contributed by atoms with Crippen LogP contribution in [0, 0.1) is 0 Å². The van der Waals surface area contributed by atoms with E-state index < -0.39 is 9.84 Å². The van der Waals surface area contributed by atoms with Gasteiger partial charge in [-0.25, -0.2) is 8.42 Å². The van der Waals surface area contributed by atoms with Gasteiger partial charge in [-0.2, -0.15) is 0 Å². The van der Waals surface area contributed by atoms with Gasteiger partial charge in [0.1, 0.15) is 0 Å². The minimum Gasteiger partial charge on any atom is -0.326 e. The van der Waals surface area contributed by atoms with Gasteiger partial charge in [0.2, 0.25) is 5.91 Å². The summed E-state index contributed by atoms with van der Waals surface area (Å²) >= 11 is 0. The first-order valence-electron chi connectivity index (χ1n) is 9.94. The number of rotatable bonds is 7. The van der Waals surface area contributed by atoms with Crippen molar-refractivity contribution in [2.45, 2.75) is 43.9 Å². The summed E-state index contributed by atoms with van der Waals surface area (Å²) in [6, 6.07) is 7.86. The van der Waals surface area contributed by atoms with Crippen molar-refractivity contribution < 1.29 is 13.2 Å². The quantitative estimate of drug-likeness (QED) is 0.768. The van der Waals surface area contributed by atoms with E-state index in [1.54, 1.807) is 0 Å². The second-order valence-electron chi connectivity index (χ2n) is 7.85. The van der Waals surface area contributed by atoms with Crippen LogP contribution in [0.15, 0.2) is 24.3 Å². The third-order valence-electron chi connectivity index (χ3n) is 5.66. The number of hydrogen-bond acceptors (Lipinski definition) is 5. The number of nitrogens with zero attached hydrogens (tertiary/aromatic N) is 2. The first kappa shape index (κ1) is 20.3. The average molecular weight is 394 g/mol. The number of carbonyl (C=O) groups excluding carboxylic acids is 1. The molecule has 0 unspecified atom stereocenters. The van der Waals surface area contributed by atoms with Crippen LogP contribution >= 0.6 is 0 Å². The predicted octanol–water partition coefficient (Wildman–Crippen LogP) is 2.12. The topological polar surface area (TPSA) is 69.7 Å². The van der Waals surface area contributed by atoms with Gasteiger partial charge in [0.05, 0.1) is 11.0 Å². The zero-order chi connectivity index (χ0) is 19.3. The second-order valence-corrected chi connectivity index (χ2v) is 10.2. The lowest BCUT2D eigenvalue weighted by Gasteiger charge is -2.32. The van der Waals surface area contributed by atoms with Crippen molar-refractivity contribution in [2.75, 3.05) is 44.3 Å². The Bertz CT molecular complexity index is 719. The summed E-state index contributed by atoms with van der Waals surface area (Å²) in [5, 5.41) is 2.58. The minimum atomic E-state index is -3.14. The van der Waals surface area contributed by atoms with Crippen LogP contribution < -0.4 is 5.32 Å². The van der Waals surface area contributed by atoms with Gasteiger partial charge in [-0.1, -0.05) is 25.0 Å². The molecule has 1 aromatic carbocycles. The Morgan fingerprint density at radius 3 is 2.33 bits per heavy atom. The van der Waals surface area contributed by atoms with Crippen LogP contribution in [0.1, 0.15) is 37.7 Å². The number of nitrogens with one attached hydrogen (secondary N) is 1. The van der Waals surface area contributed by atoms with Gasteiger partial charge < -0.3 is 10.2 Å². The molecule has 1 aliphatic heterocycles. The lowest BCUT2D eigenvalue weighted by molar-refractivity contribution is -0.115. The van der Waals surface area contributed by atoms with Crippen molar-refractivity contribution in [3.63, 3.8) is 0 Å². The highest BCUT2D eigenvalue weighted by Gasteiger charge is 2.28. The Morgan fingerprint density at radius 2 is 1.70 bits per heavy atom. The molecule has 150 valence electrons. The normalized spacial score (nSPS) is 20.0. The summed E-state index contributed by atoms with van der Waals surface area (Å²) in [5.41, 5.74) is 1.95. The smallest absolute Gasteiger partial charge is 0.225 e. The highest BCUT2D eigenvalue weighted by molar-refractivity contribution is 7.92. The number of piperazine rings is 1. The van der Waals surface area contributed by atoms with Crippen LogP contribution in [-0.2, 0) is 21.2 Å². The Kier molecular flexibility index (Phi) is 6.89. The first-order chi connectivity index (χ1) is 12.9. The molecule has 0 bridgehead atoms. The van der Waals surface area contributed by atoms with Crippen molar-refractivity contribution in [2.24, 2.45) is 0 Å². The summed E-state index contributed by atoms with van der Waals surface area (Å²) < 4.78 is 24.5. The highest BCUT2D eigenvalue weighted by Crippen LogP contribution is 2.25. The molecule has 27 heavy (non-hydrogen) atoms. The monoisotopic (exact) mass is 393 g/mol. The van der Waals surface area contributed by atoms with E-state index in [-0.39, 0.29) is 23.3 Å². The molecule has 1 saturated carbocycles. The molecule has 0 spiro atoms. The largest absolute Gasteiger partial charge is 0.326 e. The van der Waals surface area contributed by atoms with Crippen LogP contribution in [0.4, 0.5) is 5.69 Å². The van der Waals surface area contributed by atoms with Crippen LogP contribution in [0.3, 0.4) is 0 Å². The molecule has 0 radical (unpaired) electrons. The maximum atomic E-state index is 12.3. The molecule has 1 N–H and O–H groups in total. The fourth-order valence-electron chi connectivity index (χ4n) is 3.83. The molecule has 0 aromatic heterocycles. The molecule has 7 heteroatoms. The highest BCUT2D eigenvalue weighted by atomic mass is 32.2. The molecular weight excluding hydrogens is 362 g/mol. The standard InChI is InChI=1S/C20H31N3O3S/c1-22-11-13-23(14-12-22)16-17-6-8-18(9-7-17)21-20(24)10-15-27(25,26)19-4-2-3-5-19/h6-9,19H,2-5,10-16H2,1H3,(H,21,24). The van der Waals surface area contributed by atoms with Crippen molar-refractivity contribution in [1.29, 1.82) is 0 Å². The number of hydrogen-bond donors (Lipinski definition) is 1. The lowest BCUT2D eigenvalue weighted by Crippen LogP contribution is -2.43. The molecule has 0 atom stereocenters. The number of amides is 1. The van der Waals surface area contributed by atoms with E-state index >= 15 is 0 Å². The van der Waals surface area contributed by atoms with Crippen LogP contribution in [0.2, 0.25) is 0 Å². The van der Waals surface area contributed by atoms with Gasteiger partial charge in [-0.15, -0.1) is 0 Å². The Balaban J connectivity index is 1.44. The summed E-state index contributed by atoms with van der Waals surface area (Å²) in [6.07, 6.45) is 3.49. The summed E-state index contributed by atoms with van der Waals surface area (Å²) in [5.74, 6) is -0.284. The summed E-state index contributed by atoms with van der Waals surface area (Å²) in [7, 11) is -0.998. The molecular formula is C20H31N3O3S. The van der Waals surface area contributed by atoms with Crippen molar-refractivity contribution >= 4 is 21.4 Å². The van der Waals surface area contributed by atoms with Gasteiger partial charge in [0.15, 0.2) is 9.84 Å². The molecule has 6 nitrogen and oxygen atoms in total. The predicted molar refractivity (Wildman–Crippen MR) is 109 cm³/mol. The van der Waals surface area contributed by atoms with Gasteiger partial charge in [0.25, 0.3) is 0 Å². The van der Waals surface area contributed by atoms with E-state index in [4.69, 9.17) is 0 Å². The minimum absolute atomic E-state index is 0.0296. The van der Waals surface area contributed by atoms with Crippen molar-refractivity contribution in [1.82, 2.24) is 9.80 Å². The molecule has 1 aliphatic carbocycles. The Hall–Kier alpha value is -1.44. The molecule has 2 aliphatic rings. The number of benzene rings is 1. The average Bonchev–Trinajstić information content (AvgIpc) is 3.19. The van der Waals surface area contributed by atoms with E-state index in [1.165, 1.54) is 5.56 Å². The zero-order valence-electron chi connectivity index (χ0n) is 16.2. The van der Waals surface area contributed by atoms with Gasteiger partial charge >= 0.3 is 0 Å². The molecule has 1 amide bonds. The Labute approximate surface area is 162 Å². The molecule has 3 rings (SSSR count). The maximum absolute atomic E-state index is 12.3. The van der Waals surface area contributed by atoms with Gasteiger partial charge in [-0.05, 0) is 37.6 Å². The van der Waals surface area contributed by atoms with Crippen LogP contribution in [0.5, 0.6) is 0 Å². The molecule has 1 aromatic rings. The summed E-state index contributed by atoms with van der Waals surface area (Å²) in [4.78, 5) is 16.9. The lowest BCUT2D eigenvalue weighted by atomic mass is 10.1. The summed E-state index contributed by atoms with van der Waals surface area (Å²) in [6.45, 7) is 5.26. The van der Waals surface area contributed by atoms with E-state index in [0.29, 0.717) is 0 Å². The van der Waals surface area contributed by atoms with Crippen LogP contribution in [-0.4, -0.2) is 68.4 Å². The van der Waals surface area contributed by atoms with E-state index in [0.717, 1.165) is 64.1 Å². The number of anilines is 1. The van der Waals surface area contributed by atoms with E-state index in [2.05, 4.69) is 22.2 Å². The van der Waals surface area contributed by atoms with E-state index in [9.17, 15) is 13.2 Å². The van der Waals surface area contributed by atoms with E-state index in [1.807, 2.05) is 24.3 Å². The molecule has 1 saturated heterocycles. The Morgan fingerprint density at radius 1 is 1.07 bits per heavy atom. The maximum Gasteiger partial charge on any atom is 0.225 e. The number of carbonyl (C=O) groups is 1. The fourth-order valence-corrected chi connectivity index (χ4v) is 5.69. The SMILES string of the molecule is CN1CCN(Cc2ccc(NC(=O)CCS(=O)(=O)C3CCCC3)cc2)CC1. The third kappa shape index (κ3) is 6.02. The van der Waals surface area contributed by atoms with Gasteiger partial charge in [-0.3, -0.25) is 9.69 Å². The second kappa shape index (κ2) is 9.17. The molecule has 2 fully saturated rings. The van der Waals surface area contributed by atoms with Crippen molar-refractivity contribution in [3.8, 4) is 0 Å². The number of likely N-dealkylation sites (N-methyl/N-ethyl adjacent to an activating group) is 1. The number of sulfone groups is 1. The fraction of sp³-hybridized carbons (Fsp3) is 0.650. The molecule has 1 heterocycles. The third-order valence-corrected chi connectivity index (χ3v) is 7.92. The van der Waals surface area contributed by atoms with Crippen LogP contribution in [0.25, 0.3) is 0 Å². The van der Waals surface area contributed by atoms with Gasteiger partial charge in [0, 0.05) is 44.8 Å². The van der Waals surface area contributed by atoms with Crippen molar-refractivity contribution in [3.05, 3.63) is 29.8 Å². The zero-order valence-corrected chi connectivity index (χ0v) is 17.0. The first-order valence-corrected chi connectivity index (χ1v) is 11.7.